The van der Waals surface area contributed by atoms with E-state index in [0.717, 1.165) is 43.6 Å². The van der Waals surface area contributed by atoms with Gasteiger partial charge in [-0.1, -0.05) is 36.4 Å². The van der Waals surface area contributed by atoms with Crippen molar-refractivity contribution in [2.45, 2.75) is 50.7 Å². The molecule has 1 atom stereocenters. The average molecular weight is 433 g/mol. The first-order valence-electron chi connectivity index (χ1n) is 11.3. The zero-order valence-electron chi connectivity index (χ0n) is 18.0. The number of hydrogen-bond acceptors (Lipinski definition) is 5. The van der Waals surface area contributed by atoms with Crippen LogP contribution in [0.15, 0.2) is 42.5 Å². The van der Waals surface area contributed by atoms with Crippen LogP contribution in [0.3, 0.4) is 0 Å². The normalized spacial score (nSPS) is 22.2. The van der Waals surface area contributed by atoms with Crippen LogP contribution in [0.25, 0.3) is 0 Å². The summed E-state index contributed by atoms with van der Waals surface area (Å²) in [5, 5.41) is 2.35. The topological polar surface area (TPSA) is 95.7 Å². The van der Waals surface area contributed by atoms with E-state index < -0.39 is 6.04 Å². The molecule has 1 unspecified atom stereocenters. The molecule has 3 N–H and O–H groups in total. The lowest BCUT2D eigenvalue weighted by molar-refractivity contribution is -0.136. The van der Waals surface area contributed by atoms with Crippen molar-refractivity contribution in [1.82, 2.24) is 15.1 Å². The van der Waals surface area contributed by atoms with Gasteiger partial charge in [-0.15, -0.1) is 0 Å². The van der Waals surface area contributed by atoms with Crippen molar-refractivity contribution < 1.29 is 14.4 Å². The van der Waals surface area contributed by atoms with Gasteiger partial charge < -0.3 is 10.6 Å². The fraction of sp³-hybridized carbons (Fsp3) is 0.400. The zero-order chi connectivity index (χ0) is 22.2. The smallest absolute Gasteiger partial charge is 0.255 e. The summed E-state index contributed by atoms with van der Waals surface area (Å²) in [7, 11) is 0. The van der Waals surface area contributed by atoms with Gasteiger partial charge in [0, 0.05) is 30.8 Å². The number of hydrogen-bond donors (Lipinski definition) is 2. The molecule has 0 aliphatic carbocycles. The number of carbonyl (C=O) groups excluding carboxylic acids is 3. The molecule has 3 aliphatic heterocycles. The van der Waals surface area contributed by atoms with Gasteiger partial charge in [0.05, 0.1) is 0 Å². The van der Waals surface area contributed by atoms with Gasteiger partial charge in [-0.25, -0.2) is 0 Å². The van der Waals surface area contributed by atoms with Crippen molar-refractivity contribution in [2.75, 3.05) is 18.8 Å². The molecule has 3 amide bonds. The highest BCUT2D eigenvalue weighted by Gasteiger charge is 2.39. The van der Waals surface area contributed by atoms with Crippen LogP contribution in [0.1, 0.15) is 58.6 Å². The van der Waals surface area contributed by atoms with Crippen LogP contribution in [0.5, 0.6) is 0 Å². The van der Waals surface area contributed by atoms with Gasteiger partial charge in [0.15, 0.2) is 0 Å². The number of likely N-dealkylation sites (tertiary alicyclic amines) is 1. The van der Waals surface area contributed by atoms with Crippen LogP contribution in [-0.4, -0.2) is 46.7 Å². The van der Waals surface area contributed by atoms with Gasteiger partial charge in [-0.2, -0.15) is 0 Å². The van der Waals surface area contributed by atoms with Crippen molar-refractivity contribution >= 4 is 23.4 Å². The maximum Gasteiger partial charge on any atom is 0.255 e. The largest absolute Gasteiger partial charge is 0.398 e. The number of anilines is 1. The minimum atomic E-state index is -0.599. The number of amides is 3. The molecule has 0 aromatic heterocycles. The lowest BCUT2D eigenvalue weighted by Gasteiger charge is -2.33. The van der Waals surface area contributed by atoms with Crippen molar-refractivity contribution in [3.63, 3.8) is 0 Å². The Balaban J connectivity index is 1.28. The second-order valence-corrected chi connectivity index (χ2v) is 9.07. The molecule has 2 aromatic rings. The second-order valence-electron chi connectivity index (χ2n) is 9.07. The fourth-order valence-electron chi connectivity index (χ4n) is 5.25. The summed E-state index contributed by atoms with van der Waals surface area (Å²) in [4.78, 5) is 40.8. The summed E-state index contributed by atoms with van der Waals surface area (Å²) in [6.45, 7) is 3.37. The molecular formula is C25H28N4O3. The molecule has 0 spiro atoms. The van der Waals surface area contributed by atoms with E-state index in [1.54, 1.807) is 11.0 Å². The van der Waals surface area contributed by atoms with E-state index in [0.29, 0.717) is 30.1 Å². The molecule has 2 fully saturated rings. The number of nitrogens with one attached hydrogen (secondary N) is 1. The Hall–Kier alpha value is -3.19. The maximum atomic E-state index is 13.0. The summed E-state index contributed by atoms with van der Waals surface area (Å²) in [5.41, 5.74) is 11.0. The van der Waals surface area contributed by atoms with E-state index in [9.17, 15) is 14.4 Å². The Morgan fingerprint density at radius 1 is 1.00 bits per heavy atom. The molecule has 0 saturated carbocycles. The van der Waals surface area contributed by atoms with Crippen LogP contribution >= 0.6 is 0 Å². The molecule has 0 radical (unpaired) electrons. The number of nitrogens with two attached hydrogens (primary N) is 1. The highest BCUT2D eigenvalue weighted by Crippen LogP contribution is 2.37. The van der Waals surface area contributed by atoms with Gasteiger partial charge in [0.2, 0.25) is 11.8 Å². The molecule has 0 bridgehead atoms. The monoisotopic (exact) mass is 432 g/mol. The van der Waals surface area contributed by atoms with E-state index in [1.165, 1.54) is 5.56 Å². The number of nitrogens with zero attached hydrogens (tertiary/aromatic N) is 2. The zero-order valence-corrected chi connectivity index (χ0v) is 18.0. The molecule has 7 nitrogen and oxygen atoms in total. The Labute approximate surface area is 187 Å². The molecule has 2 aromatic carbocycles. The van der Waals surface area contributed by atoms with Crippen LogP contribution in [0.4, 0.5) is 5.69 Å². The summed E-state index contributed by atoms with van der Waals surface area (Å²) < 4.78 is 0. The third kappa shape index (κ3) is 3.88. The first kappa shape index (κ1) is 20.7. The van der Waals surface area contributed by atoms with Crippen LogP contribution in [0, 0.1) is 0 Å². The van der Waals surface area contributed by atoms with Crippen molar-refractivity contribution in [1.29, 1.82) is 0 Å². The number of rotatable bonds is 4. The summed E-state index contributed by atoms with van der Waals surface area (Å²) in [6, 6.07) is 13.8. The Morgan fingerprint density at radius 3 is 2.47 bits per heavy atom. The fourth-order valence-corrected chi connectivity index (χ4v) is 5.25. The summed E-state index contributed by atoms with van der Waals surface area (Å²) >= 11 is 0. The Bertz CT molecular complexity index is 1060. The molecule has 32 heavy (non-hydrogen) atoms. The van der Waals surface area contributed by atoms with E-state index in [2.05, 4.69) is 40.5 Å². The van der Waals surface area contributed by atoms with E-state index in [-0.39, 0.29) is 24.1 Å². The molecule has 3 aliphatic rings. The van der Waals surface area contributed by atoms with Gasteiger partial charge in [0.1, 0.15) is 6.04 Å². The first-order valence-corrected chi connectivity index (χ1v) is 11.3. The Morgan fingerprint density at radius 2 is 1.75 bits per heavy atom. The minimum Gasteiger partial charge on any atom is -0.398 e. The predicted octanol–water partition coefficient (Wildman–Crippen LogP) is 2.41. The third-order valence-electron chi connectivity index (χ3n) is 7.00. The van der Waals surface area contributed by atoms with Crippen LogP contribution in [-0.2, 0) is 22.7 Å². The number of nitrogen functional groups attached to an aromatic ring is 1. The van der Waals surface area contributed by atoms with Gasteiger partial charge in [-0.05, 0) is 61.0 Å². The number of carbonyl (C=O) groups is 3. The van der Waals surface area contributed by atoms with Crippen LogP contribution < -0.4 is 11.1 Å². The lowest BCUT2D eigenvalue weighted by atomic mass is 9.86. The lowest BCUT2D eigenvalue weighted by Crippen LogP contribution is -2.52. The third-order valence-corrected chi connectivity index (χ3v) is 7.00. The predicted molar refractivity (Wildman–Crippen MR) is 121 cm³/mol. The van der Waals surface area contributed by atoms with E-state index in [4.69, 9.17) is 5.73 Å². The summed E-state index contributed by atoms with van der Waals surface area (Å²) in [6.07, 6.45) is 2.68. The highest BCUT2D eigenvalue weighted by atomic mass is 16.2. The van der Waals surface area contributed by atoms with Gasteiger partial charge in [0.25, 0.3) is 5.91 Å². The molecule has 2 saturated heterocycles. The average Bonchev–Trinajstić information content (AvgIpc) is 3.10. The molecular weight excluding hydrogens is 404 g/mol. The number of piperidine rings is 2. The first-order chi connectivity index (χ1) is 15.5. The standard InChI is InChI=1S/C25H28N4O3/c26-21-13-20-18(15-29(25(20)32)22-6-7-23(30)27-24(22)31)12-19(21)17-8-10-28(11-9-17)14-16-4-2-1-3-5-16/h1-5,12-13,17,22H,6-11,14-15,26H2,(H,27,30,31). The molecule has 5 rings (SSSR count). The molecule has 3 heterocycles. The number of benzene rings is 2. The summed E-state index contributed by atoms with van der Waals surface area (Å²) in [5.74, 6) is -0.473. The number of imide groups is 1. The molecule has 7 heteroatoms. The van der Waals surface area contributed by atoms with Crippen LogP contribution in [0.2, 0.25) is 0 Å². The quantitative estimate of drug-likeness (QED) is 0.571. The second kappa shape index (κ2) is 8.39. The van der Waals surface area contributed by atoms with Gasteiger partial charge in [-0.3, -0.25) is 24.6 Å². The minimum absolute atomic E-state index is 0.176. The van der Waals surface area contributed by atoms with Crippen molar-refractivity contribution in [3.8, 4) is 0 Å². The molecule has 166 valence electrons. The van der Waals surface area contributed by atoms with E-state index in [1.807, 2.05) is 6.07 Å². The van der Waals surface area contributed by atoms with E-state index >= 15 is 0 Å². The van der Waals surface area contributed by atoms with Gasteiger partial charge >= 0.3 is 0 Å². The Kier molecular flexibility index (Phi) is 5.43. The maximum absolute atomic E-state index is 13.0. The van der Waals surface area contributed by atoms with Crippen molar-refractivity contribution in [2.24, 2.45) is 0 Å². The number of fused-ring (bicyclic) bond motifs is 1. The SMILES string of the molecule is Nc1cc2c(cc1C1CCN(Cc3ccccc3)CC1)CN(C1CCC(=O)NC1=O)C2=O. The highest BCUT2D eigenvalue weighted by molar-refractivity contribution is 6.05. The van der Waals surface area contributed by atoms with Crippen molar-refractivity contribution in [3.05, 3.63) is 64.7 Å².